The Kier molecular flexibility index (Phi) is 5.48. The molecule has 6 nitrogen and oxygen atoms in total. The number of nitrogens with one attached hydrogen (secondary N) is 1. The van der Waals surface area contributed by atoms with Gasteiger partial charge < -0.3 is 10.4 Å². The molecule has 6 heteroatoms. The van der Waals surface area contributed by atoms with Crippen LogP contribution >= 0.6 is 0 Å². The first-order chi connectivity index (χ1) is 12.1. The summed E-state index contributed by atoms with van der Waals surface area (Å²) in [4.78, 5) is 16.8. The van der Waals surface area contributed by atoms with Crippen LogP contribution < -0.4 is 5.32 Å². The Balaban J connectivity index is 1.72. The summed E-state index contributed by atoms with van der Waals surface area (Å²) in [5.41, 5.74) is 2.67. The highest BCUT2D eigenvalue weighted by molar-refractivity contribution is 5.95. The number of aliphatic hydroxyl groups is 1. The molecule has 0 aromatic carbocycles. The van der Waals surface area contributed by atoms with Gasteiger partial charge in [0.25, 0.3) is 5.91 Å². The molecule has 0 bridgehead atoms. The number of carbonyl (C=O) groups is 1. The number of amides is 1. The van der Waals surface area contributed by atoms with Gasteiger partial charge in [0.1, 0.15) is 0 Å². The van der Waals surface area contributed by atoms with Gasteiger partial charge >= 0.3 is 0 Å². The average Bonchev–Trinajstić information content (AvgIpc) is 2.94. The molecule has 0 saturated heterocycles. The fraction of sp³-hybridized carbons (Fsp3) is 0.526. The minimum absolute atomic E-state index is 0.00669. The van der Waals surface area contributed by atoms with Crippen molar-refractivity contribution in [1.82, 2.24) is 20.1 Å². The van der Waals surface area contributed by atoms with Crippen LogP contribution in [0.15, 0.2) is 30.7 Å². The van der Waals surface area contributed by atoms with Gasteiger partial charge in [-0.25, -0.2) is 0 Å². The molecule has 1 aliphatic rings. The third-order valence-electron chi connectivity index (χ3n) is 5.02. The number of hydrogen-bond donors (Lipinski definition) is 2. The molecular weight excluding hydrogens is 316 g/mol. The summed E-state index contributed by atoms with van der Waals surface area (Å²) in [5, 5.41) is 17.1. The molecule has 2 heterocycles. The Bertz CT molecular complexity index is 707. The highest BCUT2D eigenvalue weighted by Gasteiger charge is 2.35. The summed E-state index contributed by atoms with van der Waals surface area (Å²) in [6.45, 7) is 4.84. The summed E-state index contributed by atoms with van der Waals surface area (Å²) in [7, 11) is 0. The Hall–Kier alpha value is -2.21. The van der Waals surface area contributed by atoms with Gasteiger partial charge in [-0.15, -0.1) is 0 Å². The minimum Gasteiger partial charge on any atom is -0.393 e. The SMILES string of the molecule is CCCn1ncc(C(=O)N[C@@H](Cc2ccncc2)C2CC(O)C2)c1C. The van der Waals surface area contributed by atoms with Gasteiger partial charge in [-0.05, 0) is 56.2 Å². The largest absolute Gasteiger partial charge is 0.393 e. The van der Waals surface area contributed by atoms with Gasteiger partial charge in [0.2, 0.25) is 0 Å². The maximum atomic E-state index is 12.8. The Morgan fingerprint density at radius 3 is 2.76 bits per heavy atom. The van der Waals surface area contributed by atoms with Crippen molar-refractivity contribution in [2.75, 3.05) is 0 Å². The second kappa shape index (κ2) is 7.78. The van der Waals surface area contributed by atoms with E-state index >= 15 is 0 Å². The van der Waals surface area contributed by atoms with Crippen molar-refractivity contribution in [3.05, 3.63) is 47.5 Å². The van der Waals surface area contributed by atoms with Crippen molar-refractivity contribution in [3.8, 4) is 0 Å². The first-order valence-electron chi connectivity index (χ1n) is 8.98. The van der Waals surface area contributed by atoms with E-state index in [1.54, 1.807) is 18.6 Å². The summed E-state index contributed by atoms with van der Waals surface area (Å²) < 4.78 is 1.87. The third-order valence-corrected chi connectivity index (χ3v) is 5.02. The molecule has 0 radical (unpaired) electrons. The highest BCUT2D eigenvalue weighted by atomic mass is 16.3. The predicted octanol–water partition coefficient (Wildman–Crippen LogP) is 2.11. The zero-order chi connectivity index (χ0) is 17.8. The van der Waals surface area contributed by atoms with E-state index in [-0.39, 0.29) is 18.1 Å². The van der Waals surface area contributed by atoms with Gasteiger partial charge in [0.05, 0.1) is 17.9 Å². The second-order valence-corrected chi connectivity index (χ2v) is 6.89. The number of nitrogens with zero attached hydrogens (tertiary/aromatic N) is 3. The van der Waals surface area contributed by atoms with Crippen LogP contribution in [-0.4, -0.2) is 37.9 Å². The van der Waals surface area contributed by atoms with Crippen molar-refractivity contribution in [3.63, 3.8) is 0 Å². The van der Waals surface area contributed by atoms with Crippen molar-refractivity contribution in [2.24, 2.45) is 5.92 Å². The van der Waals surface area contributed by atoms with E-state index in [9.17, 15) is 9.90 Å². The van der Waals surface area contributed by atoms with Gasteiger partial charge in [-0.2, -0.15) is 5.10 Å². The number of aryl methyl sites for hydroxylation is 1. The van der Waals surface area contributed by atoms with Gasteiger partial charge in [0, 0.05) is 30.7 Å². The smallest absolute Gasteiger partial charge is 0.254 e. The fourth-order valence-corrected chi connectivity index (χ4v) is 3.42. The summed E-state index contributed by atoms with van der Waals surface area (Å²) >= 11 is 0. The maximum Gasteiger partial charge on any atom is 0.254 e. The molecular formula is C19H26N4O2. The normalized spacial score (nSPS) is 20.8. The van der Waals surface area contributed by atoms with Gasteiger partial charge in [-0.1, -0.05) is 6.92 Å². The van der Waals surface area contributed by atoms with E-state index in [4.69, 9.17) is 0 Å². The number of carbonyl (C=O) groups excluding carboxylic acids is 1. The summed E-state index contributed by atoms with van der Waals surface area (Å²) in [6.07, 6.45) is 8.15. The Labute approximate surface area is 148 Å². The molecule has 25 heavy (non-hydrogen) atoms. The lowest BCUT2D eigenvalue weighted by Crippen LogP contribution is -2.48. The van der Waals surface area contributed by atoms with E-state index in [0.717, 1.165) is 43.5 Å². The zero-order valence-corrected chi connectivity index (χ0v) is 14.9. The minimum atomic E-state index is -0.240. The number of pyridine rings is 1. The van der Waals surface area contributed by atoms with Crippen LogP contribution in [0.4, 0.5) is 0 Å². The van der Waals surface area contributed by atoms with Crippen molar-refractivity contribution in [2.45, 2.75) is 58.2 Å². The quantitative estimate of drug-likeness (QED) is 0.808. The second-order valence-electron chi connectivity index (χ2n) is 6.89. The van der Waals surface area contributed by atoms with Crippen LogP contribution in [0, 0.1) is 12.8 Å². The summed E-state index contributed by atoms with van der Waals surface area (Å²) in [6, 6.07) is 3.95. The third kappa shape index (κ3) is 4.07. The molecule has 3 rings (SSSR count). The molecule has 134 valence electrons. The molecule has 2 aromatic rings. The molecule has 1 atom stereocenters. The van der Waals surface area contributed by atoms with E-state index in [1.807, 2.05) is 23.7 Å². The molecule has 1 amide bonds. The molecule has 1 aliphatic carbocycles. The highest BCUT2D eigenvalue weighted by Crippen LogP contribution is 2.32. The lowest BCUT2D eigenvalue weighted by Gasteiger charge is -2.38. The van der Waals surface area contributed by atoms with Crippen LogP contribution in [-0.2, 0) is 13.0 Å². The predicted molar refractivity (Wildman–Crippen MR) is 95.2 cm³/mol. The van der Waals surface area contributed by atoms with Crippen LogP contribution in [0.5, 0.6) is 0 Å². The lowest BCUT2D eigenvalue weighted by molar-refractivity contribution is 0.0239. The summed E-state index contributed by atoms with van der Waals surface area (Å²) in [5.74, 6) is 0.221. The molecule has 2 aromatic heterocycles. The molecule has 1 saturated carbocycles. The Morgan fingerprint density at radius 1 is 1.40 bits per heavy atom. The van der Waals surface area contributed by atoms with Gasteiger partial charge in [-0.3, -0.25) is 14.5 Å². The molecule has 0 unspecified atom stereocenters. The molecule has 1 fully saturated rings. The number of aliphatic hydroxyl groups excluding tert-OH is 1. The van der Waals surface area contributed by atoms with Crippen LogP contribution in [0.25, 0.3) is 0 Å². The standard InChI is InChI=1S/C19H26N4O2/c1-3-8-23-13(2)17(12-21-23)19(25)22-18(15-10-16(24)11-15)9-14-4-6-20-7-5-14/h4-7,12,15-16,18,24H,3,8-11H2,1-2H3,(H,22,25)/t15?,16?,18-/m0/s1. The van der Waals surface area contributed by atoms with E-state index in [1.165, 1.54) is 0 Å². The van der Waals surface area contributed by atoms with Crippen molar-refractivity contribution < 1.29 is 9.90 Å². The number of rotatable bonds is 7. The van der Waals surface area contributed by atoms with E-state index in [2.05, 4.69) is 22.3 Å². The molecule has 0 spiro atoms. The van der Waals surface area contributed by atoms with Crippen LogP contribution in [0.1, 0.15) is 47.8 Å². The van der Waals surface area contributed by atoms with Crippen LogP contribution in [0.2, 0.25) is 0 Å². The zero-order valence-electron chi connectivity index (χ0n) is 14.9. The first kappa shape index (κ1) is 17.6. The van der Waals surface area contributed by atoms with E-state index < -0.39 is 0 Å². The lowest BCUT2D eigenvalue weighted by atomic mass is 9.75. The van der Waals surface area contributed by atoms with Gasteiger partial charge in [0.15, 0.2) is 0 Å². The van der Waals surface area contributed by atoms with E-state index in [0.29, 0.717) is 11.5 Å². The average molecular weight is 342 g/mol. The number of hydrogen-bond acceptors (Lipinski definition) is 4. The van der Waals surface area contributed by atoms with Crippen LogP contribution in [0.3, 0.4) is 0 Å². The topological polar surface area (TPSA) is 80.0 Å². The first-order valence-corrected chi connectivity index (χ1v) is 8.98. The Morgan fingerprint density at radius 2 is 2.12 bits per heavy atom. The fourth-order valence-electron chi connectivity index (χ4n) is 3.42. The number of aromatic nitrogens is 3. The molecule has 2 N–H and O–H groups in total. The maximum absolute atomic E-state index is 12.8. The van der Waals surface area contributed by atoms with Crippen molar-refractivity contribution >= 4 is 5.91 Å². The molecule has 0 aliphatic heterocycles. The van der Waals surface area contributed by atoms with Crippen molar-refractivity contribution in [1.29, 1.82) is 0 Å². The monoisotopic (exact) mass is 342 g/mol.